The van der Waals surface area contributed by atoms with E-state index in [1.807, 2.05) is 13.8 Å². The number of aromatic nitrogens is 2. The Kier molecular flexibility index (Phi) is 3.92. The van der Waals surface area contributed by atoms with E-state index in [-0.39, 0.29) is 6.10 Å². The fourth-order valence-electron chi connectivity index (χ4n) is 2.88. The number of hydrogen-bond acceptors (Lipinski definition) is 5. The minimum absolute atomic E-state index is 0.125. The Labute approximate surface area is 124 Å². The molecule has 0 unspecified atom stereocenters. The summed E-state index contributed by atoms with van der Waals surface area (Å²) in [5.74, 6) is 1.27. The van der Waals surface area contributed by atoms with Crippen LogP contribution in [0.3, 0.4) is 0 Å². The zero-order valence-electron chi connectivity index (χ0n) is 12.8. The van der Waals surface area contributed by atoms with Gasteiger partial charge >= 0.3 is 0 Å². The lowest BCUT2D eigenvalue weighted by Gasteiger charge is -2.18. The molecule has 112 valence electrons. The largest absolute Gasteiger partial charge is 0.371 e. The van der Waals surface area contributed by atoms with Crippen molar-refractivity contribution in [3.8, 4) is 0 Å². The highest BCUT2D eigenvalue weighted by Crippen LogP contribution is 2.32. The third-order valence-electron chi connectivity index (χ3n) is 3.88. The first-order valence-electron chi connectivity index (χ1n) is 7.46. The molecule has 0 saturated carbocycles. The maximum Gasteiger partial charge on any atom is 0.246 e. The van der Waals surface area contributed by atoms with Gasteiger partial charge in [-0.2, -0.15) is 4.98 Å². The number of ether oxygens (including phenoxy) is 1. The van der Waals surface area contributed by atoms with Crippen molar-refractivity contribution in [1.82, 2.24) is 10.1 Å². The smallest absolute Gasteiger partial charge is 0.246 e. The second-order valence-electron chi connectivity index (χ2n) is 5.40. The van der Waals surface area contributed by atoms with Crippen LogP contribution < -0.4 is 4.90 Å². The molecule has 0 fully saturated rings. The molecule has 0 bridgehead atoms. The number of aryl methyl sites for hydroxylation is 1. The Balaban J connectivity index is 1.75. The number of benzene rings is 1. The minimum atomic E-state index is -0.125. The van der Waals surface area contributed by atoms with Gasteiger partial charge < -0.3 is 14.2 Å². The lowest BCUT2D eigenvalue weighted by atomic mass is 10.1. The van der Waals surface area contributed by atoms with Crippen LogP contribution in [0.15, 0.2) is 22.7 Å². The number of anilines is 1. The van der Waals surface area contributed by atoms with Gasteiger partial charge in [0.1, 0.15) is 6.10 Å². The second-order valence-corrected chi connectivity index (χ2v) is 5.40. The molecule has 1 atom stereocenters. The van der Waals surface area contributed by atoms with E-state index < -0.39 is 0 Å². The maximum atomic E-state index is 5.49. The first-order chi connectivity index (χ1) is 10.2. The van der Waals surface area contributed by atoms with E-state index in [1.54, 1.807) is 0 Å². The average Bonchev–Trinajstić information content (AvgIpc) is 3.08. The average molecular weight is 287 g/mol. The van der Waals surface area contributed by atoms with Crippen LogP contribution in [0.4, 0.5) is 5.69 Å². The molecule has 1 aliphatic rings. The van der Waals surface area contributed by atoms with Crippen LogP contribution in [0.25, 0.3) is 0 Å². The highest BCUT2D eigenvalue weighted by Gasteiger charge is 2.23. The summed E-state index contributed by atoms with van der Waals surface area (Å²) in [4.78, 5) is 6.76. The van der Waals surface area contributed by atoms with E-state index in [9.17, 15) is 0 Å². The van der Waals surface area contributed by atoms with Crippen LogP contribution in [0.1, 0.15) is 42.8 Å². The molecule has 0 aliphatic carbocycles. The van der Waals surface area contributed by atoms with E-state index in [0.29, 0.717) is 24.9 Å². The van der Waals surface area contributed by atoms with Crippen LogP contribution in [0, 0.1) is 6.92 Å². The van der Waals surface area contributed by atoms with Crippen LogP contribution in [-0.2, 0) is 17.7 Å². The van der Waals surface area contributed by atoms with Gasteiger partial charge in [0.25, 0.3) is 0 Å². The van der Waals surface area contributed by atoms with Gasteiger partial charge in [0.2, 0.25) is 5.89 Å². The summed E-state index contributed by atoms with van der Waals surface area (Å²) in [7, 11) is 0. The summed E-state index contributed by atoms with van der Waals surface area (Å²) in [6, 6.07) is 6.46. The molecule has 0 N–H and O–H groups in total. The third-order valence-corrected chi connectivity index (χ3v) is 3.88. The lowest BCUT2D eigenvalue weighted by Crippen LogP contribution is -2.20. The Morgan fingerprint density at radius 2 is 2.29 bits per heavy atom. The van der Waals surface area contributed by atoms with Crippen molar-refractivity contribution in [2.45, 2.75) is 39.8 Å². The fourth-order valence-corrected chi connectivity index (χ4v) is 2.88. The first-order valence-corrected chi connectivity index (χ1v) is 7.46. The van der Waals surface area contributed by atoms with Crippen molar-refractivity contribution in [1.29, 1.82) is 0 Å². The van der Waals surface area contributed by atoms with Crippen LogP contribution in [0.5, 0.6) is 0 Å². The van der Waals surface area contributed by atoms with E-state index in [0.717, 1.165) is 13.0 Å². The second kappa shape index (κ2) is 5.85. The van der Waals surface area contributed by atoms with E-state index in [2.05, 4.69) is 40.2 Å². The Morgan fingerprint density at radius 3 is 3.10 bits per heavy atom. The fraction of sp³-hybridized carbons (Fsp3) is 0.500. The number of hydrogen-bond donors (Lipinski definition) is 0. The molecule has 0 amide bonds. The summed E-state index contributed by atoms with van der Waals surface area (Å²) in [6.07, 6.45) is 0.952. The Hall–Kier alpha value is -1.88. The van der Waals surface area contributed by atoms with Gasteiger partial charge in [0.15, 0.2) is 5.82 Å². The molecule has 1 aromatic carbocycles. The van der Waals surface area contributed by atoms with Crippen LogP contribution in [-0.4, -0.2) is 23.3 Å². The molecular weight excluding hydrogens is 266 g/mol. The van der Waals surface area contributed by atoms with Gasteiger partial charge in [-0.15, -0.1) is 0 Å². The molecule has 1 aromatic heterocycles. The summed E-state index contributed by atoms with van der Waals surface area (Å²) in [6.45, 7) is 8.34. The Bertz CT molecular complexity index is 624. The molecular formula is C16H21N3O2. The first kappa shape index (κ1) is 14.1. The van der Waals surface area contributed by atoms with Gasteiger partial charge in [-0.25, -0.2) is 0 Å². The summed E-state index contributed by atoms with van der Waals surface area (Å²) in [5, 5.41) is 4.02. The van der Waals surface area contributed by atoms with Gasteiger partial charge in [-0.05, 0) is 38.3 Å². The SMILES string of the molecule is CCO[C@@H](C)c1noc(CN2CCc3cccc(C)c32)n1. The van der Waals surface area contributed by atoms with Crippen molar-refractivity contribution < 1.29 is 9.26 Å². The monoisotopic (exact) mass is 287 g/mol. The molecule has 2 heterocycles. The van der Waals surface area contributed by atoms with Gasteiger partial charge in [0, 0.05) is 18.8 Å². The van der Waals surface area contributed by atoms with Crippen molar-refractivity contribution >= 4 is 5.69 Å². The summed E-state index contributed by atoms with van der Waals surface area (Å²) >= 11 is 0. The van der Waals surface area contributed by atoms with E-state index >= 15 is 0 Å². The molecule has 0 spiro atoms. The molecule has 5 nitrogen and oxygen atoms in total. The highest BCUT2D eigenvalue weighted by molar-refractivity contribution is 5.62. The predicted molar refractivity (Wildman–Crippen MR) is 80.3 cm³/mol. The summed E-state index contributed by atoms with van der Waals surface area (Å²) < 4.78 is 10.9. The molecule has 0 radical (unpaired) electrons. The molecule has 1 aliphatic heterocycles. The standard InChI is InChI=1S/C16H21N3O2/c1-4-20-12(3)16-17-14(21-18-16)10-19-9-8-13-7-5-6-11(2)15(13)19/h5-7,12H,4,8-10H2,1-3H3/t12-/m0/s1. The van der Waals surface area contributed by atoms with Crippen molar-refractivity contribution in [2.75, 3.05) is 18.1 Å². The minimum Gasteiger partial charge on any atom is -0.371 e. The Morgan fingerprint density at radius 1 is 1.43 bits per heavy atom. The molecule has 3 rings (SSSR count). The normalized spacial score (nSPS) is 15.3. The van der Waals surface area contributed by atoms with Crippen LogP contribution >= 0.6 is 0 Å². The zero-order chi connectivity index (χ0) is 14.8. The molecule has 5 heteroatoms. The maximum absolute atomic E-state index is 5.49. The highest BCUT2D eigenvalue weighted by atomic mass is 16.5. The van der Waals surface area contributed by atoms with Gasteiger partial charge in [-0.3, -0.25) is 0 Å². The van der Waals surface area contributed by atoms with Crippen molar-refractivity contribution in [3.05, 3.63) is 41.0 Å². The molecule has 2 aromatic rings. The summed E-state index contributed by atoms with van der Waals surface area (Å²) in [5.41, 5.74) is 4.01. The predicted octanol–water partition coefficient (Wildman–Crippen LogP) is 3.04. The third kappa shape index (κ3) is 2.78. The van der Waals surface area contributed by atoms with E-state index in [4.69, 9.17) is 9.26 Å². The quantitative estimate of drug-likeness (QED) is 0.846. The topological polar surface area (TPSA) is 51.4 Å². The number of rotatable bonds is 5. The number of para-hydroxylation sites is 1. The number of nitrogens with zero attached hydrogens (tertiary/aromatic N) is 3. The van der Waals surface area contributed by atoms with Crippen LogP contribution in [0.2, 0.25) is 0 Å². The van der Waals surface area contributed by atoms with E-state index in [1.165, 1.54) is 16.8 Å². The molecule has 21 heavy (non-hydrogen) atoms. The van der Waals surface area contributed by atoms with Gasteiger partial charge in [-0.1, -0.05) is 23.4 Å². The van der Waals surface area contributed by atoms with Crippen molar-refractivity contribution in [2.24, 2.45) is 0 Å². The van der Waals surface area contributed by atoms with Crippen molar-refractivity contribution in [3.63, 3.8) is 0 Å². The lowest BCUT2D eigenvalue weighted by molar-refractivity contribution is 0.0683. The number of fused-ring (bicyclic) bond motifs is 1. The molecule has 0 saturated heterocycles. The van der Waals surface area contributed by atoms with Gasteiger partial charge in [0.05, 0.1) is 6.54 Å². The zero-order valence-corrected chi connectivity index (χ0v) is 12.8.